The van der Waals surface area contributed by atoms with Gasteiger partial charge in [0.05, 0.1) is 0 Å². The molecule has 0 radical (unpaired) electrons. The van der Waals surface area contributed by atoms with E-state index in [1.807, 2.05) is 30.3 Å². The molecule has 0 amide bonds. The second kappa shape index (κ2) is 5.89. The zero-order valence-electron chi connectivity index (χ0n) is 12.4. The molecule has 0 bridgehead atoms. The van der Waals surface area contributed by atoms with Crippen LogP contribution in [-0.2, 0) is 6.42 Å². The van der Waals surface area contributed by atoms with Crippen LogP contribution in [0.1, 0.15) is 5.56 Å². The van der Waals surface area contributed by atoms with Crippen molar-refractivity contribution >= 4 is 34.6 Å². The molecule has 2 heterocycles. The van der Waals surface area contributed by atoms with E-state index in [-0.39, 0.29) is 0 Å². The van der Waals surface area contributed by atoms with E-state index in [0.717, 1.165) is 30.3 Å². The van der Waals surface area contributed by atoms with Crippen molar-refractivity contribution in [2.75, 3.05) is 16.8 Å². The van der Waals surface area contributed by atoms with Gasteiger partial charge in [0.15, 0.2) is 0 Å². The molecule has 3 aromatic rings. The van der Waals surface area contributed by atoms with Gasteiger partial charge in [-0.2, -0.15) is 0 Å². The molecular formula is C18H15ClN4. The normalized spacial score (nSPS) is 13.0. The van der Waals surface area contributed by atoms with Gasteiger partial charge in [0.1, 0.15) is 18.0 Å². The number of anilines is 4. The van der Waals surface area contributed by atoms with Crippen LogP contribution in [-0.4, -0.2) is 16.5 Å². The Morgan fingerprint density at radius 2 is 1.83 bits per heavy atom. The first-order valence-corrected chi connectivity index (χ1v) is 7.87. The van der Waals surface area contributed by atoms with Gasteiger partial charge in [0, 0.05) is 29.0 Å². The number of hydrogen-bond donors (Lipinski definition) is 1. The maximum atomic E-state index is 5.91. The molecule has 1 N–H and O–H groups in total. The zero-order chi connectivity index (χ0) is 15.6. The monoisotopic (exact) mass is 322 g/mol. The zero-order valence-corrected chi connectivity index (χ0v) is 13.2. The van der Waals surface area contributed by atoms with Crippen LogP contribution in [0, 0.1) is 0 Å². The summed E-state index contributed by atoms with van der Waals surface area (Å²) in [7, 11) is 0. The Morgan fingerprint density at radius 3 is 2.70 bits per heavy atom. The second-order valence-corrected chi connectivity index (χ2v) is 5.86. The van der Waals surface area contributed by atoms with E-state index in [9.17, 15) is 0 Å². The summed E-state index contributed by atoms with van der Waals surface area (Å²) in [6.07, 6.45) is 2.63. The van der Waals surface area contributed by atoms with Crippen molar-refractivity contribution in [3.63, 3.8) is 0 Å². The average Bonchev–Trinajstić information content (AvgIpc) is 3.01. The number of benzene rings is 2. The predicted octanol–water partition coefficient (Wildman–Crippen LogP) is 4.57. The van der Waals surface area contributed by atoms with Gasteiger partial charge in [0.2, 0.25) is 0 Å². The molecule has 0 unspecified atom stereocenters. The minimum Gasteiger partial charge on any atom is -0.340 e. The van der Waals surface area contributed by atoms with Crippen LogP contribution < -0.4 is 10.2 Å². The van der Waals surface area contributed by atoms with E-state index in [1.54, 1.807) is 6.33 Å². The predicted molar refractivity (Wildman–Crippen MR) is 93.9 cm³/mol. The van der Waals surface area contributed by atoms with Crippen LogP contribution in [0.4, 0.5) is 23.0 Å². The van der Waals surface area contributed by atoms with Crippen LogP contribution in [0.25, 0.3) is 0 Å². The van der Waals surface area contributed by atoms with Crippen molar-refractivity contribution in [3.05, 3.63) is 71.5 Å². The molecule has 0 saturated carbocycles. The fraction of sp³-hybridized carbons (Fsp3) is 0.111. The molecular weight excluding hydrogens is 308 g/mol. The first-order valence-electron chi connectivity index (χ1n) is 7.50. The molecule has 0 aliphatic carbocycles. The van der Waals surface area contributed by atoms with Gasteiger partial charge in [0.25, 0.3) is 0 Å². The smallest absolute Gasteiger partial charge is 0.138 e. The SMILES string of the molecule is Clc1ccc(Nc2cc(N3CCc4ccccc43)ncn2)cc1. The van der Waals surface area contributed by atoms with Crippen LogP contribution in [0.2, 0.25) is 5.02 Å². The van der Waals surface area contributed by atoms with Gasteiger partial charge in [-0.3, -0.25) is 0 Å². The Bertz CT molecular complexity index is 832. The maximum Gasteiger partial charge on any atom is 0.138 e. The summed E-state index contributed by atoms with van der Waals surface area (Å²) in [6, 6.07) is 18.0. The maximum absolute atomic E-state index is 5.91. The topological polar surface area (TPSA) is 41.0 Å². The van der Waals surface area contributed by atoms with Crippen molar-refractivity contribution in [2.45, 2.75) is 6.42 Å². The lowest BCUT2D eigenvalue weighted by Crippen LogP contribution is -2.15. The van der Waals surface area contributed by atoms with Crippen molar-refractivity contribution in [1.82, 2.24) is 9.97 Å². The third-order valence-electron chi connectivity index (χ3n) is 3.93. The summed E-state index contributed by atoms with van der Waals surface area (Å²) in [5.74, 6) is 1.67. The van der Waals surface area contributed by atoms with Gasteiger partial charge < -0.3 is 10.2 Å². The molecule has 0 saturated heterocycles. The fourth-order valence-electron chi connectivity index (χ4n) is 2.82. The first-order chi connectivity index (χ1) is 11.3. The van der Waals surface area contributed by atoms with Crippen LogP contribution in [0.15, 0.2) is 60.9 Å². The molecule has 0 atom stereocenters. The van der Waals surface area contributed by atoms with Crippen molar-refractivity contribution < 1.29 is 0 Å². The number of nitrogens with one attached hydrogen (secondary N) is 1. The summed E-state index contributed by atoms with van der Waals surface area (Å²) in [5, 5.41) is 4.00. The van der Waals surface area contributed by atoms with Crippen LogP contribution >= 0.6 is 11.6 Å². The van der Waals surface area contributed by atoms with E-state index in [2.05, 4.69) is 44.5 Å². The lowest BCUT2D eigenvalue weighted by molar-refractivity contribution is 0.965. The molecule has 1 aromatic heterocycles. The largest absolute Gasteiger partial charge is 0.340 e. The molecule has 0 fully saturated rings. The number of hydrogen-bond acceptors (Lipinski definition) is 4. The van der Waals surface area contributed by atoms with E-state index < -0.39 is 0 Å². The molecule has 5 heteroatoms. The first kappa shape index (κ1) is 14.0. The summed E-state index contributed by atoms with van der Waals surface area (Å²) in [4.78, 5) is 11.0. The van der Waals surface area contributed by atoms with E-state index in [4.69, 9.17) is 11.6 Å². The van der Waals surface area contributed by atoms with Gasteiger partial charge in [-0.15, -0.1) is 0 Å². The summed E-state index contributed by atoms with van der Waals surface area (Å²) in [5.41, 5.74) is 3.53. The lowest BCUT2D eigenvalue weighted by Gasteiger charge is -2.18. The Hall–Kier alpha value is -2.59. The van der Waals surface area contributed by atoms with E-state index in [0.29, 0.717) is 5.02 Å². The summed E-state index contributed by atoms with van der Waals surface area (Å²) >= 11 is 5.91. The molecule has 114 valence electrons. The second-order valence-electron chi connectivity index (χ2n) is 5.42. The minimum absolute atomic E-state index is 0.715. The molecule has 1 aliphatic heterocycles. The Kier molecular flexibility index (Phi) is 3.60. The molecule has 1 aliphatic rings. The minimum atomic E-state index is 0.715. The average molecular weight is 323 g/mol. The number of aromatic nitrogens is 2. The van der Waals surface area contributed by atoms with Crippen molar-refractivity contribution in [1.29, 1.82) is 0 Å². The highest BCUT2D eigenvalue weighted by Gasteiger charge is 2.20. The highest BCUT2D eigenvalue weighted by atomic mass is 35.5. The highest BCUT2D eigenvalue weighted by molar-refractivity contribution is 6.30. The fourth-order valence-corrected chi connectivity index (χ4v) is 2.95. The van der Waals surface area contributed by atoms with E-state index >= 15 is 0 Å². The highest BCUT2D eigenvalue weighted by Crippen LogP contribution is 2.33. The van der Waals surface area contributed by atoms with Gasteiger partial charge in [-0.05, 0) is 42.3 Å². The third-order valence-corrected chi connectivity index (χ3v) is 4.18. The van der Waals surface area contributed by atoms with Crippen molar-refractivity contribution in [2.24, 2.45) is 0 Å². The summed E-state index contributed by atoms with van der Waals surface area (Å²) in [6.45, 7) is 0.941. The molecule has 4 rings (SSSR count). The Balaban J connectivity index is 1.61. The third kappa shape index (κ3) is 2.85. The molecule has 4 nitrogen and oxygen atoms in total. The quantitative estimate of drug-likeness (QED) is 0.767. The molecule has 23 heavy (non-hydrogen) atoms. The van der Waals surface area contributed by atoms with Crippen LogP contribution in [0.5, 0.6) is 0 Å². The number of halogens is 1. The van der Waals surface area contributed by atoms with Gasteiger partial charge >= 0.3 is 0 Å². The number of rotatable bonds is 3. The summed E-state index contributed by atoms with van der Waals surface area (Å²) < 4.78 is 0. The Labute approximate surface area is 139 Å². The van der Waals surface area contributed by atoms with Crippen LogP contribution in [0.3, 0.4) is 0 Å². The number of fused-ring (bicyclic) bond motifs is 1. The standard InChI is InChI=1S/C18H15ClN4/c19-14-5-7-15(8-6-14)22-17-11-18(21-12-20-17)23-10-9-13-3-1-2-4-16(13)23/h1-8,11-12H,9-10H2,(H,20,21,22). The van der Waals surface area contributed by atoms with Gasteiger partial charge in [-0.1, -0.05) is 29.8 Å². The van der Waals surface area contributed by atoms with E-state index in [1.165, 1.54) is 11.3 Å². The number of nitrogens with zero attached hydrogens (tertiary/aromatic N) is 3. The molecule has 0 spiro atoms. The lowest BCUT2D eigenvalue weighted by atomic mass is 10.2. The molecule has 2 aromatic carbocycles. The Morgan fingerprint density at radius 1 is 1.00 bits per heavy atom. The van der Waals surface area contributed by atoms with Gasteiger partial charge in [-0.25, -0.2) is 9.97 Å². The van der Waals surface area contributed by atoms with Crippen molar-refractivity contribution in [3.8, 4) is 0 Å². The number of para-hydroxylation sites is 1.